The zero-order chi connectivity index (χ0) is 16.1. The van der Waals surface area contributed by atoms with Crippen LogP contribution in [0.1, 0.15) is 40.2 Å². The number of carbonyl (C=O) groups excluding carboxylic acids is 1. The van der Waals surface area contributed by atoms with E-state index >= 15 is 0 Å². The average molecular weight is 309 g/mol. The van der Waals surface area contributed by atoms with Crippen molar-refractivity contribution in [2.75, 3.05) is 12.9 Å². The molecule has 0 saturated heterocycles. The second kappa shape index (κ2) is 7.32. The molecule has 1 rings (SSSR count). The highest BCUT2D eigenvalue weighted by molar-refractivity contribution is 7.99. The van der Waals surface area contributed by atoms with Crippen LogP contribution in [-0.2, 0) is 16.1 Å². The number of methoxy groups -OCH3 is 1. The van der Waals surface area contributed by atoms with Crippen LogP contribution in [0.15, 0.2) is 29.2 Å². The number of rotatable bonds is 6. The van der Waals surface area contributed by atoms with Crippen LogP contribution < -0.4 is 5.32 Å². The van der Waals surface area contributed by atoms with E-state index in [-0.39, 0.29) is 11.5 Å². The summed E-state index contributed by atoms with van der Waals surface area (Å²) in [6.45, 7) is 11.2. The molecule has 0 aliphatic heterocycles. The topological polar surface area (TPSA) is 38.3 Å². The van der Waals surface area contributed by atoms with Gasteiger partial charge in [0.2, 0.25) is 0 Å². The molecule has 4 heteroatoms. The van der Waals surface area contributed by atoms with Crippen molar-refractivity contribution in [2.45, 2.75) is 51.6 Å². The van der Waals surface area contributed by atoms with E-state index in [2.05, 4.69) is 50.4 Å². The summed E-state index contributed by atoms with van der Waals surface area (Å²) in [5.41, 5.74) is 0.922. The van der Waals surface area contributed by atoms with E-state index in [0.717, 1.165) is 6.54 Å². The van der Waals surface area contributed by atoms with Gasteiger partial charge >= 0.3 is 5.97 Å². The minimum Gasteiger partial charge on any atom is -0.469 e. The minimum atomic E-state index is -0.466. The lowest BCUT2D eigenvalue weighted by molar-refractivity contribution is -0.149. The highest BCUT2D eigenvalue weighted by Gasteiger charge is 2.28. The third-order valence-electron chi connectivity index (χ3n) is 3.08. The van der Waals surface area contributed by atoms with Gasteiger partial charge in [-0.15, -0.1) is 11.8 Å². The molecule has 0 aromatic heterocycles. The summed E-state index contributed by atoms with van der Waals surface area (Å²) in [4.78, 5) is 12.8. The van der Waals surface area contributed by atoms with Crippen molar-refractivity contribution in [2.24, 2.45) is 5.41 Å². The molecule has 0 radical (unpaired) electrons. The fourth-order valence-electron chi connectivity index (χ4n) is 1.67. The number of carbonyl (C=O) groups is 1. The summed E-state index contributed by atoms with van der Waals surface area (Å²) in [6, 6.07) is 8.48. The zero-order valence-electron chi connectivity index (χ0n) is 13.9. The monoisotopic (exact) mass is 309 g/mol. The molecular weight excluding hydrogens is 282 g/mol. The summed E-state index contributed by atoms with van der Waals surface area (Å²) >= 11 is 1.68. The van der Waals surface area contributed by atoms with E-state index in [1.165, 1.54) is 17.6 Å². The molecule has 0 fully saturated rings. The van der Waals surface area contributed by atoms with Crippen LogP contribution >= 0.6 is 11.8 Å². The number of thioether (sulfide) groups is 1. The molecule has 0 unspecified atom stereocenters. The summed E-state index contributed by atoms with van der Waals surface area (Å²) in [6.07, 6.45) is 0. The van der Waals surface area contributed by atoms with Gasteiger partial charge in [-0.05, 0) is 52.3 Å². The molecule has 0 heterocycles. The van der Waals surface area contributed by atoms with Crippen LogP contribution in [0.2, 0.25) is 0 Å². The third kappa shape index (κ3) is 6.53. The van der Waals surface area contributed by atoms with Gasteiger partial charge in [0, 0.05) is 22.7 Å². The van der Waals surface area contributed by atoms with Crippen molar-refractivity contribution in [1.29, 1.82) is 0 Å². The van der Waals surface area contributed by atoms with Gasteiger partial charge in [0.15, 0.2) is 0 Å². The molecule has 0 saturated carbocycles. The van der Waals surface area contributed by atoms with E-state index in [0.29, 0.717) is 5.75 Å². The van der Waals surface area contributed by atoms with Crippen molar-refractivity contribution in [3.63, 3.8) is 0 Å². The van der Waals surface area contributed by atoms with Crippen molar-refractivity contribution in [1.82, 2.24) is 5.32 Å². The Balaban J connectivity index is 2.53. The number of nitrogens with one attached hydrogen (secondary N) is 1. The number of esters is 1. The quantitative estimate of drug-likeness (QED) is 0.639. The maximum atomic E-state index is 11.6. The van der Waals surface area contributed by atoms with Crippen LogP contribution in [0.25, 0.3) is 0 Å². The van der Waals surface area contributed by atoms with Crippen LogP contribution in [-0.4, -0.2) is 24.4 Å². The van der Waals surface area contributed by atoms with Gasteiger partial charge in [-0.25, -0.2) is 0 Å². The third-order valence-corrected chi connectivity index (χ3v) is 4.56. The lowest BCUT2D eigenvalue weighted by atomic mass is 9.97. The van der Waals surface area contributed by atoms with Gasteiger partial charge < -0.3 is 10.1 Å². The molecular formula is C17H27NO2S. The minimum absolute atomic E-state index is 0.123. The Bertz CT molecular complexity index is 461. The summed E-state index contributed by atoms with van der Waals surface area (Å²) < 4.78 is 4.83. The molecule has 0 atom stereocenters. The van der Waals surface area contributed by atoms with Gasteiger partial charge in [-0.3, -0.25) is 4.79 Å². The highest BCUT2D eigenvalue weighted by Crippen LogP contribution is 2.28. The summed E-state index contributed by atoms with van der Waals surface area (Å²) in [5, 5.41) is 3.47. The first-order valence-corrected chi connectivity index (χ1v) is 8.18. The van der Waals surface area contributed by atoms with E-state index in [4.69, 9.17) is 4.74 Å². The van der Waals surface area contributed by atoms with E-state index in [1.54, 1.807) is 11.8 Å². The number of benzene rings is 1. The molecule has 1 aromatic carbocycles. The maximum Gasteiger partial charge on any atom is 0.312 e. The number of hydrogen-bond acceptors (Lipinski definition) is 4. The predicted molar refractivity (Wildman–Crippen MR) is 89.6 cm³/mol. The zero-order valence-corrected chi connectivity index (χ0v) is 14.8. The molecule has 0 amide bonds. The Morgan fingerprint density at radius 1 is 1.14 bits per heavy atom. The Morgan fingerprint density at radius 3 is 2.19 bits per heavy atom. The molecule has 3 nitrogen and oxygen atoms in total. The first-order chi connectivity index (χ1) is 9.64. The van der Waals surface area contributed by atoms with Gasteiger partial charge in [0.05, 0.1) is 12.5 Å². The fourth-order valence-corrected chi connectivity index (χ4v) is 2.64. The Morgan fingerprint density at radius 2 is 1.71 bits per heavy atom. The van der Waals surface area contributed by atoms with E-state index in [9.17, 15) is 4.79 Å². The molecule has 0 aliphatic carbocycles. The Labute approximate surface area is 132 Å². The largest absolute Gasteiger partial charge is 0.469 e. The van der Waals surface area contributed by atoms with Crippen LogP contribution in [0, 0.1) is 5.41 Å². The Kier molecular flexibility index (Phi) is 6.29. The van der Waals surface area contributed by atoms with E-state index < -0.39 is 5.41 Å². The predicted octanol–water partition coefficient (Wildman–Crippen LogP) is 3.87. The SMILES string of the molecule is COC(=O)C(C)(C)CSc1ccc(CNC(C)(C)C)cc1. The van der Waals surface area contributed by atoms with Gasteiger partial charge in [-0.1, -0.05) is 12.1 Å². The molecule has 1 aromatic rings. The molecule has 0 aliphatic rings. The molecule has 0 spiro atoms. The number of ether oxygens (including phenoxy) is 1. The standard InChI is InChI=1S/C17H27NO2S/c1-16(2,3)18-11-13-7-9-14(10-8-13)21-12-17(4,5)15(19)20-6/h7-10,18H,11-12H2,1-6H3. The second-order valence-electron chi connectivity index (χ2n) is 6.91. The van der Waals surface area contributed by atoms with E-state index in [1.807, 2.05) is 13.8 Å². The van der Waals surface area contributed by atoms with Gasteiger partial charge in [-0.2, -0.15) is 0 Å². The second-order valence-corrected chi connectivity index (χ2v) is 7.96. The molecule has 118 valence electrons. The maximum absolute atomic E-state index is 11.6. The van der Waals surface area contributed by atoms with Crippen molar-refractivity contribution >= 4 is 17.7 Å². The van der Waals surface area contributed by atoms with Crippen molar-refractivity contribution in [3.05, 3.63) is 29.8 Å². The Hall–Kier alpha value is -1.00. The van der Waals surface area contributed by atoms with Crippen molar-refractivity contribution in [3.8, 4) is 0 Å². The summed E-state index contributed by atoms with van der Waals surface area (Å²) in [5.74, 6) is 0.542. The first-order valence-electron chi connectivity index (χ1n) is 7.19. The average Bonchev–Trinajstić information content (AvgIpc) is 2.42. The molecule has 21 heavy (non-hydrogen) atoms. The lowest BCUT2D eigenvalue weighted by Crippen LogP contribution is -2.35. The fraction of sp³-hybridized carbons (Fsp3) is 0.588. The smallest absolute Gasteiger partial charge is 0.312 e. The van der Waals surface area contributed by atoms with Crippen molar-refractivity contribution < 1.29 is 9.53 Å². The molecule has 1 N–H and O–H groups in total. The lowest BCUT2D eigenvalue weighted by Gasteiger charge is -2.21. The normalized spacial score (nSPS) is 12.3. The van der Waals surface area contributed by atoms with Crippen LogP contribution in [0.4, 0.5) is 0 Å². The molecule has 0 bridgehead atoms. The summed E-state index contributed by atoms with van der Waals surface area (Å²) in [7, 11) is 1.44. The van der Waals surface area contributed by atoms with Crippen LogP contribution in [0.5, 0.6) is 0 Å². The first kappa shape index (κ1) is 18.1. The van der Waals surface area contributed by atoms with Gasteiger partial charge in [0.25, 0.3) is 0 Å². The van der Waals surface area contributed by atoms with Crippen LogP contribution in [0.3, 0.4) is 0 Å². The number of hydrogen-bond donors (Lipinski definition) is 1. The van der Waals surface area contributed by atoms with Gasteiger partial charge in [0.1, 0.15) is 0 Å². The highest BCUT2D eigenvalue weighted by atomic mass is 32.2.